The van der Waals surface area contributed by atoms with Crippen LogP contribution in [0.1, 0.15) is 19.8 Å². The predicted octanol–water partition coefficient (Wildman–Crippen LogP) is 2.99. The lowest BCUT2D eigenvalue weighted by Gasteiger charge is -2.32. The van der Waals surface area contributed by atoms with E-state index in [0.29, 0.717) is 27.5 Å². The minimum Gasteiger partial charge on any atom is -0.399 e. The highest BCUT2D eigenvalue weighted by Gasteiger charge is 2.22. The standard InChI is InChI=1S/C17H22ClN5OS/c1-10-5-7-23(8-6-10)17-21-15(20)14(16(24)22(17)2)25-13-4-3-11(19)9-12(13)18/h3-4,9-10H,5-8,19-20H2,1-2H3. The first-order chi connectivity index (χ1) is 11.9. The fourth-order valence-corrected chi connectivity index (χ4v) is 4.07. The molecule has 8 heteroatoms. The van der Waals surface area contributed by atoms with Gasteiger partial charge in [-0.2, -0.15) is 4.98 Å². The molecule has 3 rings (SSSR count). The topological polar surface area (TPSA) is 90.2 Å². The molecule has 1 fully saturated rings. The molecule has 2 heterocycles. The Morgan fingerprint density at radius 1 is 1.28 bits per heavy atom. The van der Waals surface area contributed by atoms with Gasteiger partial charge < -0.3 is 16.4 Å². The van der Waals surface area contributed by atoms with Gasteiger partial charge in [-0.1, -0.05) is 30.3 Å². The summed E-state index contributed by atoms with van der Waals surface area (Å²) in [6.45, 7) is 4.02. The fourth-order valence-electron chi connectivity index (χ4n) is 2.88. The maximum atomic E-state index is 12.8. The minimum absolute atomic E-state index is 0.168. The number of hydrogen-bond donors (Lipinski definition) is 2. The number of piperidine rings is 1. The summed E-state index contributed by atoms with van der Waals surface area (Å²) in [5.41, 5.74) is 12.2. The van der Waals surface area contributed by atoms with E-state index in [1.165, 1.54) is 11.8 Å². The van der Waals surface area contributed by atoms with Gasteiger partial charge in [-0.05, 0) is 37.0 Å². The summed E-state index contributed by atoms with van der Waals surface area (Å²) in [5, 5.41) is 0.487. The van der Waals surface area contributed by atoms with E-state index in [1.54, 1.807) is 29.8 Å². The molecule has 0 saturated carbocycles. The number of hydrogen-bond acceptors (Lipinski definition) is 6. The van der Waals surface area contributed by atoms with Crippen molar-refractivity contribution in [2.75, 3.05) is 29.5 Å². The van der Waals surface area contributed by atoms with Crippen LogP contribution in [0, 0.1) is 5.92 Å². The second-order valence-corrected chi connectivity index (χ2v) is 7.91. The van der Waals surface area contributed by atoms with Crippen molar-refractivity contribution in [3.8, 4) is 0 Å². The van der Waals surface area contributed by atoms with Gasteiger partial charge in [0, 0.05) is 30.7 Å². The van der Waals surface area contributed by atoms with Crippen molar-refractivity contribution in [1.82, 2.24) is 9.55 Å². The zero-order valence-electron chi connectivity index (χ0n) is 14.3. The van der Waals surface area contributed by atoms with E-state index in [0.717, 1.165) is 30.8 Å². The Labute approximate surface area is 156 Å². The molecule has 2 aromatic rings. The molecule has 0 aliphatic carbocycles. The summed E-state index contributed by atoms with van der Waals surface area (Å²) in [7, 11) is 1.73. The number of aromatic nitrogens is 2. The van der Waals surface area contributed by atoms with Crippen LogP contribution in [0.3, 0.4) is 0 Å². The van der Waals surface area contributed by atoms with Gasteiger partial charge in [0.15, 0.2) is 0 Å². The third-order valence-corrected chi connectivity index (χ3v) is 6.07. The Balaban J connectivity index is 1.94. The first-order valence-electron chi connectivity index (χ1n) is 8.21. The molecular formula is C17H22ClN5OS. The zero-order chi connectivity index (χ0) is 18.1. The average molecular weight is 380 g/mol. The Morgan fingerprint density at radius 3 is 2.60 bits per heavy atom. The normalized spacial score (nSPS) is 15.6. The molecule has 0 amide bonds. The van der Waals surface area contributed by atoms with E-state index in [1.807, 2.05) is 0 Å². The number of nitrogens with zero attached hydrogens (tertiary/aromatic N) is 3. The molecule has 1 aromatic heterocycles. The number of rotatable bonds is 3. The van der Waals surface area contributed by atoms with E-state index in [2.05, 4.69) is 16.8 Å². The summed E-state index contributed by atoms with van der Waals surface area (Å²) in [5.74, 6) is 1.56. The van der Waals surface area contributed by atoms with Crippen LogP contribution in [0.2, 0.25) is 5.02 Å². The van der Waals surface area contributed by atoms with Crippen molar-refractivity contribution < 1.29 is 0 Å². The highest BCUT2D eigenvalue weighted by Crippen LogP contribution is 2.35. The minimum atomic E-state index is -0.168. The molecule has 1 aliphatic rings. The van der Waals surface area contributed by atoms with E-state index in [-0.39, 0.29) is 11.4 Å². The predicted molar refractivity (Wildman–Crippen MR) is 104 cm³/mol. The van der Waals surface area contributed by atoms with E-state index >= 15 is 0 Å². The quantitative estimate of drug-likeness (QED) is 0.797. The lowest BCUT2D eigenvalue weighted by atomic mass is 10.00. The van der Waals surface area contributed by atoms with Gasteiger partial charge in [-0.15, -0.1) is 0 Å². The molecular weight excluding hydrogens is 358 g/mol. The van der Waals surface area contributed by atoms with Gasteiger partial charge in [0.25, 0.3) is 5.56 Å². The Kier molecular flexibility index (Phi) is 5.15. The first kappa shape index (κ1) is 17.9. The Morgan fingerprint density at radius 2 is 1.96 bits per heavy atom. The van der Waals surface area contributed by atoms with E-state index in [4.69, 9.17) is 23.1 Å². The van der Waals surface area contributed by atoms with Gasteiger partial charge in [0.1, 0.15) is 10.7 Å². The van der Waals surface area contributed by atoms with Crippen LogP contribution in [0.4, 0.5) is 17.5 Å². The second kappa shape index (κ2) is 7.17. The number of benzene rings is 1. The van der Waals surface area contributed by atoms with Crippen LogP contribution in [0.25, 0.3) is 0 Å². The number of nitrogen functional groups attached to an aromatic ring is 2. The first-order valence-corrected chi connectivity index (χ1v) is 9.40. The van der Waals surface area contributed by atoms with Gasteiger partial charge in [0.2, 0.25) is 5.95 Å². The summed E-state index contributed by atoms with van der Waals surface area (Å²) in [6, 6.07) is 5.17. The van der Waals surface area contributed by atoms with Crippen LogP contribution < -0.4 is 21.9 Å². The molecule has 1 aliphatic heterocycles. The van der Waals surface area contributed by atoms with Crippen LogP contribution in [0.15, 0.2) is 32.8 Å². The Bertz CT molecular complexity index is 846. The van der Waals surface area contributed by atoms with E-state index in [9.17, 15) is 4.79 Å². The molecule has 6 nitrogen and oxygen atoms in total. The lowest BCUT2D eigenvalue weighted by Crippen LogP contribution is -2.38. The number of nitrogens with two attached hydrogens (primary N) is 2. The molecule has 4 N–H and O–H groups in total. The van der Waals surface area contributed by atoms with Crippen molar-refractivity contribution in [2.24, 2.45) is 13.0 Å². The summed E-state index contributed by atoms with van der Waals surface area (Å²) >= 11 is 7.43. The molecule has 134 valence electrons. The van der Waals surface area contributed by atoms with Gasteiger partial charge in [0.05, 0.1) is 5.02 Å². The summed E-state index contributed by atoms with van der Waals surface area (Å²) in [6.07, 6.45) is 2.18. The van der Waals surface area contributed by atoms with E-state index < -0.39 is 0 Å². The third kappa shape index (κ3) is 3.72. The third-order valence-electron chi connectivity index (χ3n) is 4.49. The molecule has 0 bridgehead atoms. The lowest BCUT2D eigenvalue weighted by molar-refractivity contribution is 0.430. The highest BCUT2D eigenvalue weighted by molar-refractivity contribution is 7.99. The zero-order valence-corrected chi connectivity index (χ0v) is 15.9. The van der Waals surface area contributed by atoms with Crippen LogP contribution in [-0.2, 0) is 7.05 Å². The van der Waals surface area contributed by atoms with Crippen molar-refractivity contribution in [2.45, 2.75) is 29.6 Å². The molecule has 0 spiro atoms. The van der Waals surface area contributed by atoms with Crippen LogP contribution in [-0.4, -0.2) is 22.6 Å². The molecule has 0 unspecified atom stereocenters. The molecule has 25 heavy (non-hydrogen) atoms. The van der Waals surface area contributed by atoms with Crippen molar-refractivity contribution in [1.29, 1.82) is 0 Å². The smallest absolute Gasteiger partial charge is 0.270 e. The van der Waals surface area contributed by atoms with Crippen molar-refractivity contribution in [3.63, 3.8) is 0 Å². The monoisotopic (exact) mass is 379 g/mol. The van der Waals surface area contributed by atoms with Gasteiger partial charge in [-0.25, -0.2) is 0 Å². The van der Waals surface area contributed by atoms with Gasteiger partial charge >= 0.3 is 0 Å². The highest BCUT2D eigenvalue weighted by atomic mass is 35.5. The second-order valence-electron chi connectivity index (χ2n) is 6.45. The number of halogens is 1. The molecule has 0 atom stereocenters. The Hall–Kier alpha value is -1.86. The molecule has 0 radical (unpaired) electrons. The fraction of sp³-hybridized carbons (Fsp3) is 0.412. The summed E-state index contributed by atoms with van der Waals surface area (Å²) in [4.78, 5) is 20.6. The van der Waals surface area contributed by atoms with Crippen molar-refractivity contribution >= 4 is 40.8 Å². The SMILES string of the molecule is CC1CCN(c2nc(N)c(Sc3ccc(N)cc3Cl)c(=O)n2C)CC1. The number of anilines is 3. The maximum Gasteiger partial charge on any atom is 0.270 e. The van der Waals surface area contributed by atoms with Crippen molar-refractivity contribution in [3.05, 3.63) is 33.6 Å². The molecule has 1 saturated heterocycles. The maximum absolute atomic E-state index is 12.8. The summed E-state index contributed by atoms with van der Waals surface area (Å²) < 4.78 is 1.57. The molecule has 1 aromatic carbocycles. The largest absolute Gasteiger partial charge is 0.399 e. The average Bonchev–Trinajstić information content (AvgIpc) is 2.57. The van der Waals surface area contributed by atoms with Gasteiger partial charge in [-0.3, -0.25) is 9.36 Å². The van der Waals surface area contributed by atoms with Crippen LogP contribution >= 0.6 is 23.4 Å². The van der Waals surface area contributed by atoms with Crippen LogP contribution in [0.5, 0.6) is 0 Å².